The zero-order valence-electron chi connectivity index (χ0n) is 12.1. The Balaban J connectivity index is 2.02. The molecule has 0 saturated carbocycles. The Labute approximate surface area is 124 Å². The van der Waals surface area contributed by atoms with Crippen molar-refractivity contribution in [3.8, 4) is 5.75 Å². The van der Waals surface area contributed by atoms with Gasteiger partial charge in [0.15, 0.2) is 0 Å². The zero-order chi connectivity index (χ0) is 15.1. The van der Waals surface area contributed by atoms with Crippen molar-refractivity contribution in [2.75, 3.05) is 17.7 Å². The summed E-state index contributed by atoms with van der Waals surface area (Å²) < 4.78 is 5.62. The molecule has 0 bridgehead atoms. The molecule has 0 aliphatic rings. The summed E-state index contributed by atoms with van der Waals surface area (Å²) in [4.78, 5) is 12.1. The van der Waals surface area contributed by atoms with Gasteiger partial charge in [-0.05, 0) is 36.2 Å². The van der Waals surface area contributed by atoms with Crippen LogP contribution in [-0.4, -0.2) is 12.5 Å². The lowest BCUT2D eigenvalue weighted by atomic mass is 10.1. The number of para-hydroxylation sites is 2. The highest BCUT2D eigenvalue weighted by Crippen LogP contribution is 2.24. The number of ether oxygens (including phenoxy) is 1. The molecule has 21 heavy (non-hydrogen) atoms. The van der Waals surface area contributed by atoms with Crippen LogP contribution in [0.3, 0.4) is 0 Å². The smallest absolute Gasteiger partial charge is 0.228 e. The third-order valence-corrected chi connectivity index (χ3v) is 2.94. The number of rotatable bonds is 6. The van der Waals surface area contributed by atoms with E-state index in [4.69, 9.17) is 10.5 Å². The fraction of sp³-hybridized carbons (Fsp3) is 0.235. The number of carbonyl (C=O) groups excluding carboxylic acids is 1. The van der Waals surface area contributed by atoms with Crippen LogP contribution in [-0.2, 0) is 11.2 Å². The van der Waals surface area contributed by atoms with E-state index in [2.05, 4.69) is 5.32 Å². The molecular weight excluding hydrogens is 264 g/mol. The van der Waals surface area contributed by atoms with Crippen molar-refractivity contribution in [2.24, 2.45) is 0 Å². The Bertz CT molecular complexity index is 611. The van der Waals surface area contributed by atoms with Gasteiger partial charge in [0, 0.05) is 5.69 Å². The van der Waals surface area contributed by atoms with Crippen LogP contribution in [0.5, 0.6) is 5.75 Å². The molecular formula is C17H20N2O2. The van der Waals surface area contributed by atoms with Crippen molar-refractivity contribution >= 4 is 17.3 Å². The number of nitrogens with two attached hydrogens (primary N) is 1. The van der Waals surface area contributed by atoms with Gasteiger partial charge in [0.2, 0.25) is 5.91 Å². The second kappa shape index (κ2) is 7.33. The molecule has 1 amide bonds. The van der Waals surface area contributed by atoms with Gasteiger partial charge in [-0.1, -0.05) is 31.2 Å². The quantitative estimate of drug-likeness (QED) is 0.800. The van der Waals surface area contributed by atoms with Crippen LogP contribution in [0.2, 0.25) is 0 Å². The first-order valence-corrected chi connectivity index (χ1v) is 7.05. The summed E-state index contributed by atoms with van der Waals surface area (Å²) in [7, 11) is 0. The Kier molecular flexibility index (Phi) is 5.21. The lowest BCUT2D eigenvalue weighted by Gasteiger charge is -2.12. The summed E-state index contributed by atoms with van der Waals surface area (Å²) in [5.41, 5.74) is 7.96. The van der Waals surface area contributed by atoms with E-state index in [0.717, 1.165) is 12.0 Å². The minimum absolute atomic E-state index is 0.0897. The van der Waals surface area contributed by atoms with Gasteiger partial charge in [0.1, 0.15) is 5.75 Å². The molecule has 0 spiro atoms. The SMILES string of the molecule is CCCOc1ccccc1NC(=O)Cc1cccc(N)c1. The van der Waals surface area contributed by atoms with Gasteiger partial charge >= 0.3 is 0 Å². The highest BCUT2D eigenvalue weighted by atomic mass is 16.5. The number of anilines is 2. The average Bonchev–Trinajstić information content (AvgIpc) is 2.46. The topological polar surface area (TPSA) is 64.3 Å². The van der Waals surface area contributed by atoms with Crippen molar-refractivity contribution in [3.63, 3.8) is 0 Å². The summed E-state index contributed by atoms with van der Waals surface area (Å²) in [5.74, 6) is 0.605. The van der Waals surface area contributed by atoms with Crippen LogP contribution in [0, 0.1) is 0 Å². The van der Waals surface area contributed by atoms with Crippen LogP contribution in [0.15, 0.2) is 48.5 Å². The maximum Gasteiger partial charge on any atom is 0.228 e. The molecule has 0 aliphatic heterocycles. The van der Waals surface area contributed by atoms with Crippen molar-refractivity contribution in [1.82, 2.24) is 0 Å². The molecule has 0 heterocycles. The van der Waals surface area contributed by atoms with Gasteiger partial charge in [-0.25, -0.2) is 0 Å². The molecule has 3 N–H and O–H groups in total. The fourth-order valence-corrected chi connectivity index (χ4v) is 1.99. The van der Waals surface area contributed by atoms with Crippen molar-refractivity contribution < 1.29 is 9.53 Å². The summed E-state index contributed by atoms with van der Waals surface area (Å²) in [6.45, 7) is 2.67. The van der Waals surface area contributed by atoms with Crippen molar-refractivity contribution in [3.05, 3.63) is 54.1 Å². The summed E-state index contributed by atoms with van der Waals surface area (Å²) >= 11 is 0. The molecule has 0 fully saturated rings. The Morgan fingerprint density at radius 3 is 2.76 bits per heavy atom. The molecule has 2 rings (SSSR count). The van der Waals surface area contributed by atoms with Gasteiger partial charge in [0.05, 0.1) is 18.7 Å². The Morgan fingerprint density at radius 2 is 2.00 bits per heavy atom. The molecule has 0 saturated heterocycles. The summed E-state index contributed by atoms with van der Waals surface area (Å²) in [6.07, 6.45) is 1.21. The normalized spacial score (nSPS) is 10.1. The molecule has 0 radical (unpaired) electrons. The molecule has 0 aliphatic carbocycles. The van der Waals surface area contributed by atoms with Gasteiger partial charge in [0.25, 0.3) is 0 Å². The molecule has 4 heteroatoms. The minimum Gasteiger partial charge on any atom is -0.491 e. The first kappa shape index (κ1) is 14.9. The van der Waals surface area contributed by atoms with E-state index in [-0.39, 0.29) is 12.3 Å². The van der Waals surface area contributed by atoms with E-state index in [0.29, 0.717) is 23.7 Å². The first-order valence-electron chi connectivity index (χ1n) is 7.05. The lowest BCUT2D eigenvalue weighted by molar-refractivity contribution is -0.115. The van der Waals surface area contributed by atoms with Crippen molar-refractivity contribution in [2.45, 2.75) is 19.8 Å². The van der Waals surface area contributed by atoms with E-state index in [1.165, 1.54) is 0 Å². The average molecular weight is 284 g/mol. The molecule has 0 aromatic heterocycles. The number of nitrogens with one attached hydrogen (secondary N) is 1. The van der Waals surface area contributed by atoms with Crippen LogP contribution in [0.1, 0.15) is 18.9 Å². The summed E-state index contributed by atoms with van der Waals surface area (Å²) in [6, 6.07) is 14.8. The van der Waals surface area contributed by atoms with Crippen molar-refractivity contribution in [1.29, 1.82) is 0 Å². The maximum atomic E-state index is 12.1. The minimum atomic E-state index is -0.0897. The third kappa shape index (κ3) is 4.53. The highest BCUT2D eigenvalue weighted by Gasteiger charge is 2.08. The van der Waals surface area contributed by atoms with Gasteiger partial charge in [-0.2, -0.15) is 0 Å². The van der Waals surface area contributed by atoms with Crippen LogP contribution in [0.4, 0.5) is 11.4 Å². The van der Waals surface area contributed by atoms with E-state index >= 15 is 0 Å². The maximum absolute atomic E-state index is 12.1. The molecule has 110 valence electrons. The Hall–Kier alpha value is -2.49. The van der Waals surface area contributed by atoms with Gasteiger partial charge in [-0.3, -0.25) is 4.79 Å². The predicted octanol–water partition coefficient (Wildman–Crippen LogP) is 3.24. The standard InChI is InChI=1S/C17H20N2O2/c1-2-10-21-16-9-4-3-8-15(16)19-17(20)12-13-6-5-7-14(18)11-13/h3-9,11H,2,10,12,18H2,1H3,(H,19,20). The first-order chi connectivity index (χ1) is 10.2. The fourth-order valence-electron chi connectivity index (χ4n) is 1.99. The Morgan fingerprint density at radius 1 is 1.19 bits per heavy atom. The number of nitrogen functional groups attached to an aromatic ring is 1. The number of benzene rings is 2. The van der Waals surface area contributed by atoms with E-state index in [9.17, 15) is 4.79 Å². The van der Waals surface area contributed by atoms with E-state index in [1.807, 2.05) is 43.3 Å². The molecule has 2 aromatic rings. The number of hydrogen-bond donors (Lipinski definition) is 2. The number of amides is 1. The van der Waals surface area contributed by atoms with Crippen LogP contribution >= 0.6 is 0 Å². The molecule has 4 nitrogen and oxygen atoms in total. The summed E-state index contributed by atoms with van der Waals surface area (Å²) in [5, 5.41) is 2.88. The second-order valence-electron chi connectivity index (χ2n) is 4.81. The molecule has 2 aromatic carbocycles. The highest BCUT2D eigenvalue weighted by molar-refractivity contribution is 5.93. The van der Waals surface area contributed by atoms with E-state index < -0.39 is 0 Å². The second-order valence-corrected chi connectivity index (χ2v) is 4.81. The monoisotopic (exact) mass is 284 g/mol. The molecule has 0 atom stereocenters. The third-order valence-electron chi connectivity index (χ3n) is 2.94. The predicted molar refractivity (Wildman–Crippen MR) is 85.4 cm³/mol. The molecule has 0 unspecified atom stereocenters. The number of carbonyl (C=O) groups is 1. The largest absolute Gasteiger partial charge is 0.491 e. The van der Waals surface area contributed by atoms with Crippen LogP contribution < -0.4 is 15.8 Å². The zero-order valence-corrected chi connectivity index (χ0v) is 12.1. The van der Waals surface area contributed by atoms with Gasteiger partial charge < -0.3 is 15.8 Å². The van der Waals surface area contributed by atoms with Gasteiger partial charge in [-0.15, -0.1) is 0 Å². The number of hydrogen-bond acceptors (Lipinski definition) is 3. The van der Waals surface area contributed by atoms with E-state index in [1.54, 1.807) is 12.1 Å². The lowest BCUT2D eigenvalue weighted by Crippen LogP contribution is -2.15. The van der Waals surface area contributed by atoms with Crippen LogP contribution in [0.25, 0.3) is 0 Å².